The first-order valence-electron chi connectivity index (χ1n) is 8.58. The Hall–Kier alpha value is -3.59. The minimum atomic E-state index is -0.454. The molecule has 0 saturated carbocycles. The van der Waals surface area contributed by atoms with Crippen LogP contribution in [0.15, 0.2) is 55.1 Å². The minimum Gasteiger partial charge on any atom is -0.492 e. The number of nitrogens with zero attached hydrogens (tertiary/aromatic N) is 5. The van der Waals surface area contributed by atoms with Crippen LogP contribution >= 0.6 is 0 Å². The van der Waals surface area contributed by atoms with E-state index in [-0.39, 0.29) is 5.69 Å². The lowest BCUT2D eigenvalue weighted by atomic mass is 10.2. The molecule has 0 aliphatic carbocycles. The number of hydrogen-bond acceptors (Lipinski definition) is 8. The van der Waals surface area contributed by atoms with Gasteiger partial charge >= 0.3 is 0 Å². The molecule has 9 nitrogen and oxygen atoms in total. The molecule has 1 aromatic carbocycles. The highest BCUT2D eigenvalue weighted by molar-refractivity contribution is 5.71. The normalized spacial score (nSPS) is 10.7. The Labute approximate surface area is 162 Å². The van der Waals surface area contributed by atoms with Crippen LogP contribution in [0.5, 0.6) is 5.75 Å². The molecule has 0 radical (unpaired) electrons. The van der Waals surface area contributed by atoms with Gasteiger partial charge in [-0.05, 0) is 38.4 Å². The number of aromatic nitrogens is 3. The Morgan fingerprint density at radius 2 is 2.07 bits per heavy atom. The van der Waals surface area contributed by atoms with Gasteiger partial charge in [0.25, 0.3) is 5.69 Å². The third-order valence-electron chi connectivity index (χ3n) is 3.86. The van der Waals surface area contributed by atoms with Gasteiger partial charge in [-0.2, -0.15) is 0 Å². The molecular weight excluding hydrogens is 360 g/mol. The fraction of sp³-hybridized carbons (Fsp3) is 0.211. The number of nitrogens with one attached hydrogen (secondary N) is 1. The van der Waals surface area contributed by atoms with E-state index in [0.29, 0.717) is 36.1 Å². The first-order chi connectivity index (χ1) is 13.5. The monoisotopic (exact) mass is 380 g/mol. The van der Waals surface area contributed by atoms with E-state index in [1.807, 2.05) is 31.1 Å². The number of anilines is 2. The smallest absolute Gasteiger partial charge is 0.296 e. The summed E-state index contributed by atoms with van der Waals surface area (Å²) < 4.78 is 5.58. The van der Waals surface area contributed by atoms with Gasteiger partial charge in [0.2, 0.25) is 0 Å². The zero-order valence-corrected chi connectivity index (χ0v) is 15.6. The summed E-state index contributed by atoms with van der Waals surface area (Å²) >= 11 is 0. The average molecular weight is 380 g/mol. The van der Waals surface area contributed by atoms with Crippen LogP contribution in [0.2, 0.25) is 0 Å². The molecule has 0 amide bonds. The van der Waals surface area contributed by atoms with Gasteiger partial charge in [-0.1, -0.05) is 0 Å². The summed E-state index contributed by atoms with van der Waals surface area (Å²) in [5.74, 6) is 0.885. The van der Waals surface area contributed by atoms with E-state index in [2.05, 4.69) is 20.3 Å². The molecule has 2 aromatic heterocycles. The summed E-state index contributed by atoms with van der Waals surface area (Å²) in [4.78, 5) is 25.5. The van der Waals surface area contributed by atoms with Crippen LogP contribution < -0.4 is 10.1 Å². The molecule has 144 valence electrons. The van der Waals surface area contributed by atoms with E-state index in [9.17, 15) is 10.1 Å². The van der Waals surface area contributed by atoms with Crippen molar-refractivity contribution < 1.29 is 9.66 Å². The molecular formula is C19H20N6O3. The SMILES string of the molecule is CN(C)CCOc1ccc(Nc2cc(-c3cccnc3)ncn2)c([N+](=O)[O-])c1. The Balaban J connectivity index is 1.81. The van der Waals surface area contributed by atoms with Gasteiger partial charge in [0.1, 0.15) is 30.2 Å². The molecule has 2 heterocycles. The van der Waals surface area contributed by atoms with Crippen LogP contribution in [0.25, 0.3) is 11.3 Å². The van der Waals surface area contributed by atoms with Gasteiger partial charge in [-0.25, -0.2) is 9.97 Å². The number of likely N-dealkylation sites (N-methyl/N-ethyl adjacent to an activating group) is 1. The predicted octanol–water partition coefficient (Wildman–Crippen LogP) is 3.13. The van der Waals surface area contributed by atoms with Crippen LogP contribution in [-0.2, 0) is 0 Å². The zero-order chi connectivity index (χ0) is 19.9. The summed E-state index contributed by atoms with van der Waals surface area (Å²) in [5.41, 5.74) is 1.72. The number of nitro groups is 1. The average Bonchev–Trinajstić information content (AvgIpc) is 2.69. The molecule has 0 saturated heterocycles. The van der Waals surface area contributed by atoms with Gasteiger partial charge in [-0.15, -0.1) is 0 Å². The fourth-order valence-corrected chi connectivity index (χ4v) is 2.44. The van der Waals surface area contributed by atoms with Crippen molar-refractivity contribution in [3.63, 3.8) is 0 Å². The van der Waals surface area contributed by atoms with Crippen molar-refractivity contribution in [3.8, 4) is 17.0 Å². The van der Waals surface area contributed by atoms with E-state index < -0.39 is 4.92 Å². The zero-order valence-electron chi connectivity index (χ0n) is 15.6. The van der Waals surface area contributed by atoms with Crippen molar-refractivity contribution in [3.05, 3.63) is 65.2 Å². The molecule has 0 fully saturated rings. The minimum absolute atomic E-state index is 0.0936. The lowest BCUT2D eigenvalue weighted by Crippen LogP contribution is -2.19. The second-order valence-corrected chi connectivity index (χ2v) is 6.24. The lowest BCUT2D eigenvalue weighted by Gasteiger charge is -2.12. The maximum atomic E-state index is 11.5. The van der Waals surface area contributed by atoms with Crippen molar-refractivity contribution >= 4 is 17.2 Å². The third kappa shape index (κ3) is 4.98. The Bertz CT molecular complexity index is 949. The van der Waals surface area contributed by atoms with Gasteiger partial charge in [0, 0.05) is 30.6 Å². The molecule has 0 unspecified atom stereocenters. The van der Waals surface area contributed by atoms with E-state index in [1.165, 1.54) is 12.4 Å². The van der Waals surface area contributed by atoms with E-state index in [0.717, 1.165) is 5.56 Å². The molecule has 28 heavy (non-hydrogen) atoms. The molecule has 0 aliphatic rings. The van der Waals surface area contributed by atoms with Crippen LogP contribution in [0.3, 0.4) is 0 Å². The predicted molar refractivity (Wildman–Crippen MR) is 106 cm³/mol. The van der Waals surface area contributed by atoms with Crippen molar-refractivity contribution in [2.24, 2.45) is 0 Å². The van der Waals surface area contributed by atoms with Crippen molar-refractivity contribution in [2.45, 2.75) is 0 Å². The molecule has 0 spiro atoms. The fourth-order valence-electron chi connectivity index (χ4n) is 2.44. The summed E-state index contributed by atoms with van der Waals surface area (Å²) in [6.07, 6.45) is 4.76. The van der Waals surface area contributed by atoms with Crippen LogP contribution in [0, 0.1) is 10.1 Å². The lowest BCUT2D eigenvalue weighted by molar-refractivity contribution is -0.384. The standard InChI is InChI=1S/C19H20N6O3/c1-24(2)8-9-28-15-5-6-16(18(10-15)25(26)27)23-19-11-17(21-13-22-19)14-4-3-7-20-12-14/h3-7,10-13H,8-9H2,1-2H3,(H,21,22,23). The second kappa shape index (κ2) is 8.87. The summed E-state index contributed by atoms with van der Waals surface area (Å²) in [7, 11) is 3.86. The number of hydrogen-bond donors (Lipinski definition) is 1. The van der Waals surface area contributed by atoms with Crippen LogP contribution in [0.4, 0.5) is 17.2 Å². The summed E-state index contributed by atoms with van der Waals surface area (Å²) in [5, 5.41) is 14.5. The third-order valence-corrected chi connectivity index (χ3v) is 3.86. The maximum absolute atomic E-state index is 11.5. The number of rotatable bonds is 8. The first kappa shape index (κ1) is 19.2. The topological polar surface area (TPSA) is 106 Å². The first-order valence-corrected chi connectivity index (χ1v) is 8.58. The molecule has 9 heteroatoms. The Kier molecular flexibility index (Phi) is 6.07. The Morgan fingerprint density at radius 1 is 1.21 bits per heavy atom. The van der Waals surface area contributed by atoms with Crippen LogP contribution in [-0.4, -0.2) is 52.0 Å². The van der Waals surface area contributed by atoms with Crippen molar-refractivity contribution in [1.82, 2.24) is 19.9 Å². The molecule has 3 rings (SSSR count). The molecule has 1 N–H and O–H groups in total. The van der Waals surface area contributed by atoms with Gasteiger partial charge in [0.05, 0.1) is 16.7 Å². The number of benzene rings is 1. The molecule has 0 atom stereocenters. The number of pyridine rings is 1. The highest BCUT2D eigenvalue weighted by Gasteiger charge is 2.16. The van der Waals surface area contributed by atoms with E-state index in [4.69, 9.17) is 4.74 Å². The van der Waals surface area contributed by atoms with Gasteiger partial charge in [0.15, 0.2) is 0 Å². The van der Waals surface area contributed by atoms with E-state index in [1.54, 1.807) is 30.6 Å². The van der Waals surface area contributed by atoms with Crippen molar-refractivity contribution in [1.29, 1.82) is 0 Å². The Morgan fingerprint density at radius 3 is 2.79 bits per heavy atom. The highest BCUT2D eigenvalue weighted by Crippen LogP contribution is 2.31. The van der Waals surface area contributed by atoms with Gasteiger partial charge in [-0.3, -0.25) is 15.1 Å². The second-order valence-electron chi connectivity index (χ2n) is 6.24. The molecule has 0 bridgehead atoms. The van der Waals surface area contributed by atoms with Gasteiger partial charge < -0.3 is 15.0 Å². The van der Waals surface area contributed by atoms with Crippen molar-refractivity contribution in [2.75, 3.05) is 32.6 Å². The number of ether oxygens (including phenoxy) is 1. The highest BCUT2D eigenvalue weighted by atomic mass is 16.6. The molecule has 3 aromatic rings. The summed E-state index contributed by atoms with van der Waals surface area (Å²) in [6.45, 7) is 1.16. The molecule has 0 aliphatic heterocycles. The van der Waals surface area contributed by atoms with Crippen LogP contribution in [0.1, 0.15) is 0 Å². The number of nitro benzene ring substituents is 1. The van der Waals surface area contributed by atoms with E-state index >= 15 is 0 Å². The largest absolute Gasteiger partial charge is 0.492 e. The quantitative estimate of drug-likeness (QED) is 0.469. The maximum Gasteiger partial charge on any atom is 0.296 e. The summed E-state index contributed by atoms with van der Waals surface area (Å²) in [6, 6.07) is 10.1.